The molecule has 0 fully saturated rings. The van der Waals surface area contributed by atoms with Gasteiger partial charge in [-0.05, 0) is 30.7 Å². The molecule has 0 atom stereocenters. The lowest BCUT2D eigenvalue weighted by molar-refractivity contribution is 0.832. The number of nitriles is 1. The number of nitrogens with zero attached hydrogens (tertiary/aromatic N) is 3. The van der Waals surface area contributed by atoms with E-state index in [4.69, 9.17) is 4.98 Å². The van der Waals surface area contributed by atoms with Crippen LogP contribution in [0.5, 0.6) is 0 Å². The first-order valence-electron chi connectivity index (χ1n) is 8.26. The number of para-hydroxylation sites is 2. The second-order valence-electron chi connectivity index (χ2n) is 6.15. The van der Waals surface area contributed by atoms with Gasteiger partial charge in [0.1, 0.15) is 5.82 Å². The van der Waals surface area contributed by atoms with E-state index in [1.807, 2.05) is 42.5 Å². The highest BCUT2D eigenvalue weighted by atomic mass is 15.1. The summed E-state index contributed by atoms with van der Waals surface area (Å²) in [6.07, 6.45) is 0. The molecule has 4 rings (SSSR count). The molecule has 0 saturated carbocycles. The summed E-state index contributed by atoms with van der Waals surface area (Å²) in [6.45, 7) is 2.70. The predicted molar refractivity (Wildman–Crippen MR) is 100 cm³/mol. The van der Waals surface area contributed by atoms with E-state index in [1.165, 1.54) is 5.56 Å². The smallest absolute Gasteiger partial charge is 0.141 e. The van der Waals surface area contributed by atoms with Gasteiger partial charge >= 0.3 is 0 Å². The quantitative estimate of drug-likeness (QED) is 0.536. The van der Waals surface area contributed by atoms with E-state index < -0.39 is 0 Å². The molecule has 0 aliphatic carbocycles. The number of hydrogen-bond donors (Lipinski definition) is 0. The summed E-state index contributed by atoms with van der Waals surface area (Å²) < 4.78 is 2.19. The first kappa shape index (κ1) is 15.2. The fourth-order valence-corrected chi connectivity index (χ4v) is 3.10. The van der Waals surface area contributed by atoms with Crippen LogP contribution >= 0.6 is 0 Å². The van der Waals surface area contributed by atoms with Crippen LogP contribution < -0.4 is 0 Å². The molecule has 25 heavy (non-hydrogen) atoms. The SMILES string of the molecule is Cc1ccc(-c2nc3ccccc3n2Cc2ccccc2C#N)cc1. The van der Waals surface area contributed by atoms with Crippen LogP contribution in [0, 0.1) is 18.3 Å². The minimum absolute atomic E-state index is 0.619. The maximum absolute atomic E-state index is 9.40. The van der Waals surface area contributed by atoms with Gasteiger partial charge in [-0.2, -0.15) is 5.26 Å². The number of aromatic nitrogens is 2. The van der Waals surface area contributed by atoms with Gasteiger partial charge in [0.2, 0.25) is 0 Å². The Kier molecular flexibility index (Phi) is 3.80. The van der Waals surface area contributed by atoms with Crippen molar-refractivity contribution in [3.63, 3.8) is 0 Å². The van der Waals surface area contributed by atoms with E-state index in [0.717, 1.165) is 28.0 Å². The highest BCUT2D eigenvalue weighted by Crippen LogP contribution is 2.26. The average Bonchev–Trinajstić information content (AvgIpc) is 3.01. The van der Waals surface area contributed by atoms with E-state index in [1.54, 1.807) is 0 Å². The van der Waals surface area contributed by atoms with Crippen molar-refractivity contribution in [3.05, 3.63) is 89.5 Å². The topological polar surface area (TPSA) is 41.6 Å². The van der Waals surface area contributed by atoms with Crippen molar-refractivity contribution in [3.8, 4) is 17.5 Å². The Labute approximate surface area is 146 Å². The Hall–Kier alpha value is -3.38. The summed E-state index contributed by atoms with van der Waals surface area (Å²) in [5.74, 6) is 0.925. The molecule has 0 saturated heterocycles. The third kappa shape index (κ3) is 2.79. The Bertz CT molecular complexity index is 1080. The van der Waals surface area contributed by atoms with Crippen molar-refractivity contribution >= 4 is 11.0 Å². The summed E-state index contributed by atoms with van der Waals surface area (Å²) in [7, 11) is 0. The van der Waals surface area contributed by atoms with E-state index in [9.17, 15) is 5.26 Å². The Morgan fingerprint density at radius 2 is 1.64 bits per heavy atom. The van der Waals surface area contributed by atoms with Crippen LogP contribution in [0.25, 0.3) is 22.4 Å². The van der Waals surface area contributed by atoms with Gasteiger partial charge in [0.15, 0.2) is 0 Å². The number of imidazole rings is 1. The Morgan fingerprint density at radius 1 is 0.920 bits per heavy atom. The molecule has 0 bridgehead atoms. The third-order valence-corrected chi connectivity index (χ3v) is 4.43. The molecule has 0 radical (unpaired) electrons. The summed E-state index contributed by atoms with van der Waals surface area (Å²) in [5.41, 5.74) is 6.05. The third-order valence-electron chi connectivity index (χ3n) is 4.43. The van der Waals surface area contributed by atoms with Crippen LogP contribution in [0.2, 0.25) is 0 Å². The second kappa shape index (κ2) is 6.26. The van der Waals surface area contributed by atoms with Gasteiger partial charge in [0.05, 0.1) is 29.2 Å². The molecule has 3 nitrogen and oxygen atoms in total. The Morgan fingerprint density at radius 3 is 2.44 bits per heavy atom. The Balaban J connectivity index is 1.91. The molecule has 0 aliphatic heterocycles. The van der Waals surface area contributed by atoms with Crippen LogP contribution in [0.3, 0.4) is 0 Å². The molecule has 0 aliphatic rings. The van der Waals surface area contributed by atoms with E-state index in [2.05, 4.69) is 47.9 Å². The van der Waals surface area contributed by atoms with Crippen molar-refractivity contribution in [2.75, 3.05) is 0 Å². The number of aryl methyl sites for hydroxylation is 1. The summed E-state index contributed by atoms with van der Waals surface area (Å²) in [4.78, 5) is 4.84. The monoisotopic (exact) mass is 323 g/mol. The van der Waals surface area contributed by atoms with Gasteiger partial charge in [-0.3, -0.25) is 0 Å². The highest BCUT2D eigenvalue weighted by Gasteiger charge is 2.14. The molecule has 3 aromatic carbocycles. The van der Waals surface area contributed by atoms with E-state index in [0.29, 0.717) is 12.1 Å². The maximum Gasteiger partial charge on any atom is 0.141 e. The van der Waals surface area contributed by atoms with Crippen LogP contribution in [0.1, 0.15) is 16.7 Å². The first-order chi connectivity index (χ1) is 12.3. The van der Waals surface area contributed by atoms with Crippen molar-refractivity contribution in [2.24, 2.45) is 0 Å². The fourth-order valence-electron chi connectivity index (χ4n) is 3.10. The molecular weight excluding hydrogens is 306 g/mol. The zero-order valence-electron chi connectivity index (χ0n) is 14.0. The standard InChI is InChI=1S/C22H17N3/c1-16-10-12-17(13-11-16)22-24-20-8-4-5-9-21(20)25(22)15-19-7-3-2-6-18(19)14-23/h2-13H,15H2,1H3. The van der Waals surface area contributed by atoms with Crippen molar-refractivity contribution in [1.29, 1.82) is 5.26 Å². The summed E-state index contributed by atoms with van der Waals surface area (Å²) >= 11 is 0. The minimum Gasteiger partial charge on any atom is -0.319 e. The molecular formula is C22H17N3. The fraction of sp³-hybridized carbons (Fsp3) is 0.0909. The van der Waals surface area contributed by atoms with Crippen molar-refractivity contribution in [1.82, 2.24) is 9.55 Å². The zero-order valence-corrected chi connectivity index (χ0v) is 14.0. The zero-order chi connectivity index (χ0) is 17.2. The average molecular weight is 323 g/mol. The van der Waals surface area contributed by atoms with Crippen LogP contribution in [-0.4, -0.2) is 9.55 Å². The lowest BCUT2D eigenvalue weighted by Gasteiger charge is -2.11. The van der Waals surface area contributed by atoms with Crippen LogP contribution in [0.4, 0.5) is 0 Å². The van der Waals surface area contributed by atoms with E-state index >= 15 is 0 Å². The molecule has 1 heterocycles. The number of fused-ring (bicyclic) bond motifs is 1. The summed E-state index contributed by atoms with van der Waals surface area (Å²) in [5, 5.41) is 9.40. The molecule has 0 N–H and O–H groups in total. The van der Waals surface area contributed by atoms with Gasteiger partial charge in [-0.1, -0.05) is 60.2 Å². The lowest BCUT2D eigenvalue weighted by atomic mass is 10.1. The van der Waals surface area contributed by atoms with Crippen molar-refractivity contribution < 1.29 is 0 Å². The second-order valence-corrected chi connectivity index (χ2v) is 6.15. The molecule has 0 amide bonds. The van der Waals surface area contributed by atoms with E-state index in [-0.39, 0.29) is 0 Å². The van der Waals surface area contributed by atoms with Crippen molar-refractivity contribution in [2.45, 2.75) is 13.5 Å². The lowest BCUT2D eigenvalue weighted by Crippen LogP contribution is -2.04. The number of hydrogen-bond acceptors (Lipinski definition) is 2. The molecule has 3 heteroatoms. The number of rotatable bonds is 3. The largest absolute Gasteiger partial charge is 0.319 e. The van der Waals surface area contributed by atoms with Gasteiger partial charge < -0.3 is 4.57 Å². The molecule has 0 spiro atoms. The molecule has 0 unspecified atom stereocenters. The molecule has 1 aromatic heterocycles. The van der Waals surface area contributed by atoms with Gasteiger partial charge in [0, 0.05) is 5.56 Å². The minimum atomic E-state index is 0.619. The number of benzene rings is 3. The van der Waals surface area contributed by atoms with Gasteiger partial charge in [0.25, 0.3) is 0 Å². The maximum atomic E-state index is 9.40. The van der Waals surface area contributed by atoms with Gasteiger partial charge in [-0.25, -0.2) is 4.98 Å². The molecule has 120 valence electrons. The van der Waals surface area contributed by atoms with Crippen LogP contribution in [0.15, 0.2) is 72.8 Å². The highest BCUT2D eigenvalue weighted by molar-refractivity contribution is 5.80. The van der Waals surface area contributed by atoms with Gasteiger partial charge in [-0.15, -0.1) is 0 Å². The van der Waals surface area contributed by atoms with Crippen LogP contribution in [-0.2, 0) is 6.54 Å². The molecule has 4 aromatic rings. The predicted octanol–water partition coefficient (Wildman–Crippen LogP) is 4.93. The first-order valence-corrected chi connectivity index (χ1v) is 8.26. The normalized spacial score (nSPS) is 10.7. The summed E-state index contributed by atoms with van der Waals surface area (Å²) in [6, 6.07) is 26.6.